The molecule has 0 unspecified atom stereocenters. The summed E-state index contributed by atoms with van der Waals surface area (Å²) in [4.78, 5) is 28.0. The number of fused-ring (bicyclic) bond motifs is 2. The Morgan fingerprint density at radius 3 is 2.61 bits per heavy atom. The van der Waals surface area contributed by atoms with E-state index in [1.807, 2.05) is 77.2 Å². The lowest BCUT2D eigenvalue weighted by Crippen LogP contribution is -2.46. The first-order chi connectivity index (χ1) is 15.1. The van der Waals surface area contributed by atoms with Crippen molar-refractivity contribution in [3.63, 3.8) is 0 Å². The number of amides is 1. The minimum atomic E-state index is -0.520. The molecule has 0 radical (unpaired) electrons. The molecule has 2 aliphatic rings. The zero-order valence-corrected chi connectivity index (χ0v) is 17.7. The molecule has 0 bridgehead atoms. The number of hydrogen-bond donors (Lipinski definition) is 0. The smallest absolute Gasteiger partial charge is 0.314 e. The molecular weight excluding hydrogens is 392 g/mol. The van der Waals surface area contributed by atoms with Gasteiger partial charge >= 0.3 is 5.97 Å². The molecule has 1 aromatic heterocycles. The molecule has 0 saturated carbocycles. The second kappa shape index (κ2) is 7.85. The molecule has 3 heterocycles. The van der Waals surface area contributed by atoms with Crippen LogP contribution in [0.2, 0.25) is 0 Å². The SMILES string of the molecule is COC(=O)[C@H](c1cc2ccccc2n1C)[C@H]1CC(=O)N2[C@@H](C1)OC[C@H]2c1ccccc1. The number of hydrogen-bond acceptors (Lipinski definition) is 4. The highest BCUT2D eigenvalue weighted by Crippen LogP contribution is 2.43. The topological polar surface area (TPSA) is 60.8 Å². The Morgan fingerprint density at radius 1 is 1.13 bits per heavy atom. The van der Waals surface area contributed by atoms with E-state index in [4.69, 9.17) is 9.47 Å². The van der Waals surface area contributed by atoms with Crippen molar-refractivity contribution < 1.29 is 19.1 Å². The number of carbonyl (C=O) groups is 2. The van der Waals surface area contributed by atoms with Crippen LogP contribution in [0.5, 0.6) is 0 Å². The summed E-state index contributed by atoms with van der Waals surface area (Å²) in [5.74, 6) is -0.985. The van der Waals surface area contributed by atoms with E-state index < -0.39 is 5.92 Å². The Kier molecular flexibility index (Phi) is 5.02. The van der Waals surface area contributed by atoms with Gasteiger partial charge in [-0.05, 0) is 35.4 Å². The molecule has 0 aliphatic carbocycles. The molecule has 4 atom stereocenters. The van der Waals surface area contributed by atoms with Gasteiger partial charge in [-0.1, -0.05) is 48.5 Å². The Balaban J connectivity index is 1.47. The van der Waals surface area contributed by atoms with E-state index in [0.29, 0.717) is 19.4 Å². The first kappa shape index (κ1) is 19.8. The minimum Gasteiger partial charge on any atom is -0.468 e. The summed E-state index contributed by atoms with van der Waals surface area (Å²) in [7, 11) is 3.37. The molecule has 6 heteroatoms. The summed E-state index contributed by atoms with van der Waals surface area (Å²) < 4.78 is 13.3. The number of aromatic nitrogens is 1. The van der Waals surface area contributed by atoms with Gasteiger partial charge in [0.1, 0.15) is 12.1 Å². The number of rotatable bonds is 4. The zero-order chi connectivity index (χ0) is 21.5. The molecule has 2 aromatic carbocycles. The maximum atomic E-state index is 13.3. The number of nitrogens with zero attached hydrogens (tertiary/aromatic N) is 2. The van der Waals surface area contributed by atoms with Gasteiger partial charge in [0.25, 0.3) is 0 Å². The molecule has 0 N–H and O–H groups in total. The molecule has 3 aromatic rings. The Bertz CT molecular complexity index is 1120. The van der Waals surface area contributed by atoms with Crippen LogP contribution in [0.25, 0.3) is 10.9 Å². The van der Waals surface area contributed by atoms with Crippen LogP contribution in [0.3, 0.4) is 0 Å². The third kappa shape index (κ3) is 3.31. The minimum absolute atomic E-state index is 0.0280. The molecule has 160 valence electrons. The maximum absolute atomic E-state index is 13.3. The van der Waals surface area contributed by atoms with Crippen molar-refractivity contribution in [2.75, 3.05) is 13.7 Å². The highest BCUT2D eigenvalue weighted by molar-refractivity contribution is 5.86. The third-order valence-electron chi connectivity index (χ3n) is 6.74. The lowest BCUT2D eigenvalue weighted by atomic mass is 9.80. The molecule has 31 heavy (non-hydrogen) atoms. The fourth-order valence-electron chi connectivity index (χ4n) is 5.23. The Morgan fingerprint density at radius 2 is 1.87 bits per heavy atom. The second-order valence-electron chi connectivity index (χ2n) is 8.40. The van der Waals surface area contributed by atoms with E-state index in [1.165, 1.54) is 7.11 Å². The van der Waals surface area contributed by atoms with E-state index in [-0.39, 0.29) is 30.1 Å². The summed E-state index contributed by atoms with van der Waals surface area (Å²) >= 11 is 0. The molecule has 5 rings (SSSR count). The molecule has 1 amide bonds. The number of piperidine rings is 1. The van der Waals surface area contributed by atoms with Gasteiger partial charge < -0.3 is 18.9 Å². The van der Waals surface area contributed by atoms with E-state index in [1.54, 1.807) is 0 Å². The predicted octanol–water partition coefficient (Wildman–Crippen LogP) is 3.77. The van der Waals surface area contributed by atoms with Crippen LogP contribution in [-0.2, 0) is 26.1 Å². The lowest BCUT2D eigenvalue weighted by molar-refractivity contribution is -0.151. The predicted molar refractivity (Wildman–Crippen MR) is 116 cm³/mol. The molecule has 0 spiro atoms. The van der Waals surface area contributed by atoms with Crippen molar-refractivity contribution >= 4 is 22.8 Å². The van der Waals surface area contributed by atoms with Crippen molar-refractivity contribution in [3.05, 3.63) is 71.9 Å². The highest BCUT2D eigenvalue weighted by atomic mass is 16.5. The summed E-state index contributed by atoms with van der Waals surface area (Å²) in [5, 5.41) is 1.07. The molecule has 6 nitrogen and oxygen atoms in total. The van der Waals surface area contributed by atoms with Gasteiger partial charge in [-0.2, -0.15) is 0 Å². The molecule has 2 aliphatic heterocycles. The summed E-state index contributed by atoms with van der Waals surface area (Å²) in [6.07, 6.45) is 0.583. The normalized spacial score (nSPS) is 24.3. The van der Waals surface area contributed by atoms with Gasteiger partial charge in [-0.25, -0.2) is 0 Å². The summed E-state index contributed by atoms with van der Waals surface area (Å²) in [5.41, 5.74) is 3.00. The van der Waals surface area contributed by atoms with Crippen LogP contribution < -0.4 is 0 Å². The van der Waals surface area contributed by atoms with Gasteiger partial charge in [0.05, 0.1) is 19.8 Å². The van der Waals surface area contributed by atoms with E-state index in [9.17, 15) is 9.59 Å². The summed E-state index contributed by atoms with van der Waals surface area (Å²) in [6.45, 7) is 0.476. The standard InChI is InChI=1S/C25H26N2O4/c1-26-19-11-7-6-10-17(19)12-20(26)24(25(29)30-2)18-13-22(28)27-21(15-31-23(27)14-18)16-8-4-3-5-9-16/h3-12,18,21,23-24H,13-15H2,1-2H3/t18-,21-,23+,24-/m0/s1. The van der Waals surface area contributed by atoms with Gasteiger partial charge in [0, 0.05) is 24.7 Å². The van der Waals surface area contributed by atoms with Crippen molar-refractivity contribution in [2.45, 2.75) is 31.0 Å². The zero-order valence-electron chi connectivity index (χ0n) is 17.7. The average molecular weight is 418 g/mol. The average Bonchev–Trinajstić information content (AvgIpc) is 3.37. The molecule has 2 saturated heterocycles. The summed E-state index contributed by atoms with van der Waals surface area (Å²) in [6, 6.07) is 20.0. The highest BCUT2D eigenvalue weighted by Gasteiger charge is 2.47. The van der Waals surface area contributed by atoms with Crippen LogP contribution in [0.15, 0.2) is 60.7 Å². The van der Waals surface area contributed by atoms with Gasteiger partial charge in [-0.3, -0.25) is 9.59 Å². The van der Waals surface area contributed by atoms with Crippen LogP contribution in [-0.4, -0.2) is 41.3 Å². The second-order valence-corrected chi connectivity index (χ2v) is 8.40. The van der Waals surface area contributed by atoms with Crippen molar-refractivity contribution in [1.82, 2.24) is 9.47 Å². The molecule has 2 fully saturated rings. The van der Waals surface area contributed by atoms with Crippen molar-refractivity contribution in [2.24, 2.45) is 13.0 Å². The van der Waals surface area contributed by atoms with Crippen LogP contribution in [0.1, 0.15) is 36.1 Å². The van der Waals surface area contributed by atoms with Crippen LogP contribution in [0.4, 0.5) is 0 Å². The fourth-order valence-corrected chi connectivity index (χ4v) is 5.23. The van der Waals surface area contributed by atoms with Gasteiger partial charge in [-0.15, -0.1) is 0 Å². The third-order valence-corrected chi connectivity index (χ3v) is 6.74. The number of benzene rings is 2. The first-order valence-electron chi connectivity index (χ1n) is 10.7. The van der Waals surface area contributed by atoms with Crippen molar-refractivity contribution in [1.29, 1.82) is 0 Å². The lowest BCUT2D eigenvalue weighted by Gasteiger charge is -2.38. The number of methoxy groups -OCH3 is 1. The largest absolute Gasteiger partial charge is 0.468 e. The van der Waals surface area contributed by atoms with Crippen LogP contribution in [0, 0.1) is 5.92 Å². The maximum Gasteiger partial charge on any atom is 0.314 e. The van der Waals surface area contributed by atoms with E-state index >= 15 is 0 Å². The van der Waals surface area contributed by atoms with E-state index in [2.05, 4.69) is 0 Å². The number of carbonyl (C=O) groups excluding carboxylic acids is 2. The number of aryl methyl sites for hydroxylation is 1. The number of esters is 1. The van der Waals surface area contributed by atoms with Gasteiger partial charge in [0.2, 0.25) is 5.91 Å². The van der Waals surface area contributed by atoms with E-state index in [0.717, 1.165) is 22.2 Å². The monoisotopic (exact) mass is 418 g/mol. The Labute approximate surface area is 181 Å². The Hall–Kier alpha value is -3.12. The number of ether oxygens (including phenoxy) is 2. The fraction of sp³-hybridized carbons (Fsp3) is 0.360. The van der Waals surface area contributed by atoms with Gasteiger partial charge in [0.15, 0.2) is 0 Å². The first-order valence-corrected chi connectivity index (χ1v) is 10.7. The number of para-hydroxylation sites is 1. The molecular formula is C25H26N2O4. The van der Waals surface area contributed by atoms with Crippen molar-refractivity contribution in [3.8, 4) is 0 Å². The van der Waals surface area contributed by atoms with Crippen LogP contribution >= 0.6 is 0 Å². The quantitative estimate of drug-likeness (QED) is 0.605.